The van der Waals surface area contributed by atoms with Crippen LogP contribution < -0.4 is 24.7 Å². The van der Waals surface area contributed by atoms with Crippen LogP contribution in [-0.2, 0) is 11.3 Å². The molecule has 0 aliphatic carbocycles. The number of aromatic nitrogens is 3. The Balaban J connectivity index is 1.34. The third kappa shape index (κ3) is 4.16. The summed E-state index contributed by atoms with van der Waals surface area (Å²) in [6.07, 6.45) is 1.27. The van der Waals surface area contributed by atoms with Gasteiger partial charge in [0.05, 0.1) is 17.8 Å². The van der Waals surface area contributed by atoms with Gasteiger partial charge in [-0.15, -0.1) is 5.10 Å². The van der Waals surface area contributed by atoms with E-state index in [1.807, 2.05) is 13.8 Å². The van der Waals surface area contributed by atoms with Gasteiger partial charge in [0, 0.05) is 55.8 Å². The first kappa shape index (κ1) is 18.1. The molecule has 2 aromatic heterocycles. The van der Waals surface area contributed by atoms with E-state index in [1.54, 1.807) is 13.2 Å². The van der Waals surface area contributed by atoms with E-state index in [-0.39, 0.29) is 35.8 Å². The van der Waals surface area contributed by atoms with Crippen LogP contribution in [0.15, 0.2) is 29.1 Å². The van der Waals surface area contributed by atoms with Crippen molar-refractivity contribution in [3.8, 4) is 17.2 Å². The van der Waals surface area contributed by atoms with Crippen LogP contribution in [-0.4, -0.2) is 53.5 Å². The summed E-state index contributed by atoms with van der Waals surface area (Å²) in [6, 6.07) is 6.21. The number of nitrogens with zero attached hydrogens (tertiary/aromatic N) is 4. The van der Waals surface area contributed by atoms with Crippen molar-refractivity contribution in [1.29, 1.82) is 0 Å². The van der Waals surface area contributed by atoms with Gasteiger partial charge < -0.3 is 23.8 Å². The summed E-state index contributed by atoms with van der Waals surface area (Å²) in [7, 11) is 1.56. The minimum absolute atomic E-state index is 0.0619. The van der Waals surface area contributed by atoms with E-state index < -0.39 is 13.1 Å². The molecule has 1 aromatic carbocycles. The average Bonchev–Trinajstić information content (AvgIpc) is 2.83. The van der Waals surface area contributed by atoms with E-state index in [1.165, 1.54) is 22.7 Å². The summed E-state index contributed by atoms with van der Waals surface area (Å²) in [5.74, 6) is 1.43. The van der Waals surface area contributed by atoms with Gasteiger partial charge in [-0.3, -0.25) is 4.79 Å². The van der Waals surface area contributed by atoms with Gasteiger partial charge in [0.25, 0.3) is 5.56 Å². The van der Waals surface area contributed by atoms with Crippen LogP contribution in [0.25, 0.3) is 5.65 Å². The van der Waals surface area contributed by atoms with E-state index >= 15 is 0 Å². The maximum Gasteiger partial charge on any atom is 0.274 e. The van der Waals surface area contributed by atoms with Gasteiger partial charge in [-0.25, -0.2) is 4.98 Å². The number of benzene rings is 1. The van der Waals surface area contributed by atoms with Crippen LogP contribution >= 0.6 is 0 Å². The molecule has 3 aromatic rings. The van der Waals surface area contributed by atoms with Gasteiger partial charge in [-0.2, -0.15) is 4.52 Å². The number of aryl methyl sites for hydroxylation is 1. The fourth-order valence-corrected chi connectivity index (χ4v) is 4.48. The number of fused-ring (bicyclic) bond motifs is 2. The van der Waals surface area contributed by atoms with Crippen LogP contribution in [0.1, 0.15) is 42.1 Å². The molecule has 180 valence electrons. The van der Waals surface area contributed by atoms with Gasteiger partial charge in [0.2, 0.25) is 0 Å². The SMILES string of the molecule is [2H]C1([2H])Oc2ccc(O[C@H]3CCN(c4nn5c(=O)cc(COC)nc5c(C)c4C)[C@H](C)C3)cc2OC1([2H])[2H]. The predicted octanol–water partition coefficient (Wildman–Crippen LogP) is 3.06. The maximum absolute atomic E-state index is 12.8. The number of rotatable bonds is 5. The van der Waals surface area contributed by atoms with Crippen LogP contribution in [0.3, 0.4) is 0 Å². The Kier molecular flexibility index (Phi) is 4.85. The monoisotopic (exact) mass is 470 g/mol. The number of piperidine rings is 1. The molecule has 9 nitrogen and oxygen atoms in total. The van der Waals surface area contributed by atoms with Gasteiger partial charge in [0.1, 0.15) is 25.0 Å². The number of methoxy groups -OCH3 is 1. The molecule has 2 atom stereocenters. The molecule has 2 aliphatic heterocycles. The van der Waals surface area contributed by atoms with Crippen LogP contribution in [0.2, 0.25) is 0 Å². The predicted molar refractivity (Wildman–Crippen MR) is 127 cm³/mol. The molecule has 0 saturated carbocycles. The summed E-state index contributed by atoms with van der Waals surface area (Å²) in [5.41, 5.74) is 2.67. The van der Waals surface area contributed by atoms with Gasteiger partial charge in [-0.05, 0) is 32.9 Å². The third-order valence-electron chi connectivity index (χ3n) is 6.35. The van der Waals surface area contributed by atoms with Gasteiger partial charge >= 0.3 is 0 Å². The number of hydrogen-bond donors (Lipinski definition) is 0. The highest BCUT2D eigenvalue weighted by atomic mass is 16.6. The Hall–Kier alpha value is -3.33. The highest BCUT2D eigenvalue weighted by Gasteiger charge is 2.30. The van der Waals surface area contributed by atoms with Crippen molar-refractivity contribution >= 4 is 11.5 Å². The number of ether oxygens (including phenoxy) is 4. The van der Waals surface area contributed by atoms with Crippen LogP contribution in [0.5, 0.6) is 17.2 Å². The number of anilines is 1. The minimum Gasteiger partial charge on any atom is -0.490 e. The first-order valence-electron chi connectivity index (χ1n) is 13.2. The second-order valence-electron chi connectivity index (χ2n) is 8.65. The molecule has 0 amide bonds. The van der Waals surface area contributed by atoms with Crippen molar-refractivity contribution in [2.75, 3.05) is 31.7 Å². The van der Waals surface area contributed by atoms with Crippen molar-refractivity contribution in [2.45, 2.75) is 52.4 Å². The van der Waals surface area contributed by atoms with Crippen molar-refractivity contribution in [3.63, 3.8) is 0 Å². The summed E-state index contributed by atoms with van der Waals surface area (Å²) in [4.78, 5) is 19.5. The standard InChI is InChI=1S/C25H30N4O5/c1-15-11-20(34-19-5-6-21-22(13-19)33-10-9-32-21)7-8-28(15)25-17(3)16(2)24-26-18(14-31-4)12-23(30)29(24)27-25/h5-6,12-13,15,20H,7-11,14H2,1-4H3/t15-,20+/m1/s1/i9D2,10D2. The highest BCUT2D eigenvalue weighted by Crippen LogP contribution is 2.35. The Morgan fingerprint density at radius 1 is 1.18 bits per heavy atom. The lowest BCUT2D eigenvalue weighted by Crippen LogP contribution is -2.45. The minimum atomic E-state index is -2.63. The zero-order valence-corrected chi connectivity index (χ0v) is 19.6. The zero-order chi connectivity index (χ0) is 27.4. The van der Waals surface area contributed by atoms with Gasteiger partial charge in [0.15, 0.2) is 23.0 Å². The normalized spacial score (nSPS) is 24.6. The second-order valence-corrected chi connectivity index (χ2v) is 8.65. The molecule has 1 saturated heterocycles. The Labute approximate surface area is 203 Å². The Bertz CT molecular complexity index is 1450. The molecule has 0 spiro atoms. The molecular weight excluding hydrogens is 436 g/mol. The van der Waals surface area contributed by atoms with Crippen molar-refractivity contribution in [3.05, 3.63) is 51.4 Å². The van der Waals surface area contributed by atoms with E-state index in [4.69, 9.17) is 24.4 Å². The molecule has 0 bridgehead atoms. The van der Waals surface area contributed by atoms with Crippen molar-refractivity contribution in [2.24, 2.45) is 0 Å². The van der Waals surface area contributed by atoms with E-state index in [9.17, 15) is 4.79 Å². The van der Waals surface area contributed by atoms with E-state index in [0.29, 0.717) is 36.5 Å². The van der Waals surface area contributed by atoms with Crippen molar-refractivity contribution in [1.82, 2.24) is 14.6 Å². The average molecular weight is 471 g/mol. The first-order chi connectivity index (χ1) is 17.9. The highest BCUT2D eigenvalue weighted by molar-refractivity contribution is 5.60. The maximum atomic E-state index is 12.8. The Morgan fingerprint density at radius 2 is 1.97 bits per heavy atom. The lowest BCUT2D eigenvalue weighted by molar-refractivity contribution is 0.149. The molecule has 0 N–H and O–H groups in total. The Morgan fingerprint density at radius 3 is 2.74 bits per heavy atom. The molecule has 0 unspecified atom stereocenters. The molecular formula is C25H30N4O5. The van der Waals surface area contributed by atoms with E-state index in [2.05, 4.69) is 21.9 Å². The molecule has 2 aliphatic rings. The van der Waals surface area contributed by atoms with E-state index in [0.717, 1.165) is 16.9 Å². The summed E-state index contributed by atoms with van der Waals surface area (Å²) < 4.78 is 54.1. The molecule has 5 rings (SSSR count). The topological polar surface area (TPSA) is 87.4 Å². The third-order valence-corrected chi connectivity index (χ3v) is 6.35. The van der Waals surface area contributed by atoms with Crippen molar-refractivity contribution < 1.29 is 24.4 Å². The van der Waals surface area contributed by atoms with Gasteiger partial charge in [-0.1, -0.05) is 0 Å². The smallest absolute Gasteiger partial charge is 0.274 e. The lowest BCUT2D eigenvalue weighted by atomic mass is 9.99. The summed E-state index contributed by atoms with van der Waals surface area (Å²) in [6.45, 7) is 1.67. The second kappa shape index (κ2) is 9.13. The summed E-state index contributed by atoms with van der Waals surface area (Å²) >= 11 is 0. The first-order valence-corrected chi connectivity index (χ1v) is 11.2. The quantitative estimate of drug-likeness (QED) is 0.562. The molecule has 0 radical (unpaired) electrons. The molecule has 9 heteroatoms. The zero-order valence-electron chi connectivity index (χ0n) is 23.6. The molecule has 34 heavy (non-hydrogen) atoms. The molecule has 4 heterocycles. The largest absolute Gasteiger partial charge is 0.490 e. The van der Waals surface area contributed by atoms with Crippen LogP contribution in [0.4, 0.5) is 5.82 Å². The summed E-state index contributed by atoms with van der Waals surface area (Å²) in [5, 5.41) is 4.68. The lowest BCUT2D eigenvalue weighted by Gasteiger charge is -2.39. The van der Waals surface area contributed by atoms with Crippen LogP contribution in [0, 0.1) is 13.8 Å². The molecule has 1 fully saturated rings. The fraction of sp³-hybridized carbons (Fsp3) is 0.480. The number of hydrogen-bond acceptors (Lipinski definition) is 8. The fourth-order valence-electron chi connectivity index (χ4n) is 4.48.